The molecule has 1 aliphatic rings. The first-order valence-electron chi connectivity index (χ1n) is 7.82. The van der Waals surface area contributed by atoms with E-state index in [0.717, 1.165) is 11.3 Å². The van der Waals surface area contributed by atoms with Crippen LogP contribution in [-0.4, -0.2) is 37.3 Å². The number of aromatic nitrogens is 4. The Labute approximate surface area is 138 Å². The van der Waals surface area contributed by atoms with Crippen LogP contribution < -0.4 is 4.74 Å². The van der Waals surface area contributed by atoms with Crippen LogP contribution in [0.1, 0.15) is 21.7 Å². The van der Waals surface area contributed by atoms with Gasteiger partial charge in [0.1, 0.15) is 12.3 Å². The third-order valence-corrected chi connectivity index (χ3v) is 4.02. The normalized spacial score (nSPS) is 13.6. The Morgan fingerprint density at radius 2 is 2.08 bits per heavy atom. The highest BCUT2D eigenvalue weighted by atomic mass is 16.5. The Kier molecular flexibility index (Phi) is 3.74. The average molecular weight is 323 g/mol. The number of carbonyl (C=O) groups is 1. The highest BCUT2D eigenvalue weighted by Gasteiger charge is 2.24. The van der Waals surface area contributed by atoms with Gasteiger partial charge >= 0.3 is 0 Å². The van der Waals surface area contributed by atoms with Crippen LogP contribution in [0.4, 0.5) is 0 Å². The lowest BCUT2D eigenvalue weighted by atomic mass is 10.2. The molecule has 1 amide bonds. The van der Waals surface area contributed by atoms with Crippen LogP contribution in [0.15, 0.2) is 48.7 Å². The smallest absolute Gasteiger partial charge is 0.272 e. The van der Waals surface area contributed by atoms with Gasteiger partial charge in [-0.1, -0.05) is 30.3 Å². The highest BCUT2D eigenvalue weighted by Crippen LogP contribution is 2.20. The molecule has 4 rings (SSSR count). The maximum Gasteiger partial charge on any atom is 0.272 e. The molecule has 7 nitrogen and oxygen atoms in total. The van der Waals surface area contributed by atoms with Gasteiger partial charge in [0.05, 0.1) is 18.8 Å². The zero-order valence-corrected chi connectivity index (χ0v) is 13.1. The summed E-state index contributed by atoms with van der Waals surface area (Å²) in [6.45, 7) is 2.27. The molecule has 0 unspecified atom stereocenters. The molecule has 2 aromatic heterocycles. The first-order valence-corrected chi connectivity index (χ1v) is 7.82. The number of carbonyl (C=O) groups excluding carboxylic acids is 1. The van der Waals surface area contributed by atoms with Crippen molar-refractivity contribution < 1.29 is 9.53 Å². The van der Waals surface area contributed by atoms with Gasteiger partial charge < -0.3 is 9.64 Å². The molecule has 0 saturated carbocycles. The van der Waals surface area contributed by atoms with Crippen LogP contribution in [0, 0.1) is 0 Å². The zero-order valence-electron chi connectivity index (χ0n) is 13.1. The van der Waals surface area contributed by atoms with Gasteiger partial charge in [-0.3, -0.25) is 14.6 Å². The lowest BCUT2D eigenvalue weighted by Gasteiger charge is -2.26. The maximum absolute atomic E-state index is 12.4. The Balaban J connectivity index is 1.43. The summed E-state index contributed by atoms with van der Waals surface area (Å²) in [5.74, 6) is 0.538. The van der Waals surface area contributed by atoms with Crippen LogP contribution in [0.25, 0.3) is 0 Å². The van der Waals surface area contributed by atoms with Crippen LogP contribution in [0.5, 0.6) is 5.88 Å². The summed E-state index contributed by atoms with van der Waals surface area (Å²) in [5, 5.41) is 11.0. The number of rotatable bonds is 4. The molecule has 0 spiro atoms. The molecule has 0 bridgehead atoms. The van der Waals surface area contributed by atoms with Crippen molar-refractivity contribution in [3.05, 3.63) is 65.6 Å². The summed E-state index contributed by atoms with van der Waals surface area (Å²) in [6.07, 6.45) is 1.58. The van der Waals surface area contributed by atoms with Gasteiger partial charge in [-0.2, -0.15) is 5.10 Å². The Bertz CT molecular complexity index is 826. The molecule has 122 valence electrons. The van der Waals surface area contributed by atoms with Gasteiger partial charge in [-0.05, 0) is 11.6 Å². The lowest BCUT2D eigenvalue weighted by molar-refractivity contribution is 0.0700. The molecule has 1 aliphatic heterocycles. The number of aromatic amines is 1. The molecule has 1 N–H and O–H groups in total. The predicted molar refractivity (Wildman–Crippen MR) is 86.3 cm³/mol. The summed E-state index contributed by atoms with van der Waals surface area (Å²) in [6, 6.07) is 13.6. The second kappa shape index (κ2) is 6.19. The topological polar surface area (TPSA) is 76.0 Å². The SMILES string of the molecule is O=C(c1ccn[nH]1)N1CCn2nc(OCc3ccccc3)cc2C1. The van der Waals surface area contributed by atoms with Crippen LogP contribution >= 0.6 is 0 Å². The van der Waals surface area contributed by atoms with Crippen LogP contribution in [-0.2, 0) is 19.7 Å². The van der Waals surface area contributed by atoms with E-state index < -0.39 is 0 Å². The number of H-pyrrole nitrogens is 1. The standard InChI is InChI=1S/C17H17N5O2/c23-17(15-6-7-18-19-15)21-8-9-22-14(11-21)10-16(20-22)24-12-13-4-2-1-3-5-13/h1-7,10H,8-9,11-12H2,(H,18,19). The summed E-state index contributed by atoms with van der Waals surface area (Å²) in [4.78, 5) is 14.2. The van der Waals surface area contributed by atoms with Gasteiger partial charge in [0.2, 0.25) is 5.88 Å². The number of fused-ring (bicyclic) bond motifs is 1. The first-order chi connectivity index (χ1) is 11.8. The van der Waals surface area contributed by atoms with Crippen molar-refractivity contribution in [1.82, 2.24) is 24.9 Å². The average Bonchev–Trinajstić information content (AvgIpc) is 3.29. The highest BCUT2D eigenvalue weighted by molar-refractivity contribution is 5.92. The Morgan fingerprint density at radius 1 is 1.21 bits per heavy atom. The summed E-state index contributed by atoms with van der Waals surface area (Å²) in [7, 11) is 0. The Hall–Kier alpha value is -3.09. The minimum Gasteiger partial charge on any atom is -0.472 e. The second-order valence-corrected chi connectivity index (χ2v) is 5.67. The van der Waals surface area contributed by atoms with E-state index in [1.54, 1.807) is 17.2 Å². The lowest BCUT2D eigenvalue weighted by Crippen LogP contribution is -2.38. The minimum atomic E-state index is -0.0493. The van der Waals surface area contributed by atoms with E-state index in [1.807, 2.05) is 41.1 Å². The molecule has 0 saturated heterocycles. The number of hydrogen-bond acceptors (Lipinski definition) is 4. The molecule has 7 heteroatoms. The molecule has 0 atom stereocenters. The molecular weight excluding hydrogens is 306 g/mol. The van der Waals surface area contributed by atoms with Crippen molar-refractivity contribution in [2.75, 3.05) is 6.54 Å². The van der Waals surface area contributed by atoms with E-state index in [4.69, 9.17) is 4.74 Å². The van der Waals surface area contributed by atoms with Gasteiger partial charge in [0.25, 0.3) is 5.91 Å². The van der Waals surface area contributed by atoms with Gasteiger partial charge in [0, 0.05) is 18.8 Å². The predicted octanol–water partition coefficient (Wildman–Crippen LogP) is 1.84. The summed E-state index contributed by atoms with van der Waals surface area (Å²) >= 11 is 0. The fraction of sp³-hybridized carbons (Fsp3) is 0.235. The third-order valence-electron chi connectivity index (χ3n) is 4.02. The van der Waals surface area contributed by atoms with E-state index in [-0.39, 0.29) is 5.91 Å². The number of benzene rings is 1. The van der Waals surface area contributed by atoms with Crippen molar-refractivity contribution in [2.24, 2.45) is 0 Å². The van der Waals surface area contributed by atoms with Crippen molar-refractivity contribution in [3.8, 4) is 5.88 Å². The van der Waals surface area contributed by atoms with Crippen molar-refractivity contribution in [3.63, 3.8) is 0 Å². The Morgan fingerprint density at radius 3 is 2.88 bits per heavy atom. The van der Waals surface area contributed by atoms with Gasteiger partial charge in [-0.15, -0.1) is 5.10 Å². The number of nitrogens with one attached hydrogen (secondary N) is 1. The molecule has 3 heterocycles. The summed E-state index contributed by atoms with van der Waals surface area (Å²) in [5.41, 5.74) is 2.57. The molecule has 0 aliphatic carbocycles. The fourth-order valence-electron chi connectivity index (χ4n) is 2.76. The zero-order chi connectivity index (χ0) is 16.4. The van der Waals surface area contributed by atoms with E-state index in [9.17, 15) is 4.79 Å². The molecule has 0 radical (unpaired) electrons. The van der Waals surface area contributed by atoms with E-state index in [0.29, 0.717) is 37.8 Å². The van der Waals surface area contributed by atoms with Crippen molar-refractivity contribution in [2.45, 2.75) is 19.7 Å². The maximum atomic E-state index is 12.4. The van der Waals surface area contributed by atoms with Crippen LogP contribution in [0.3, 0.4) is 0 Å². The van der Waals surface area contributed by atoms with E-state index >= 15 is 0 Å². The quantitative estimate of drug-likeness (QED) is 0.795. The van der Waals surface area contributed by atoms with E-state index in [1.165, 1.54) is 0 Å². The third kappa shape index (κ3) is 2.88. The number of ether oxygens (including phenoxy) is 1. The molecule has 1 aromatic carbocycles. The monoisotopic (exact) mass is 323 g/mol. The van der Waals surface area contributed by atoms with Crippen molar-refractivity contribution in [1.29, 1.82) is 0 Å². The fourth-order valence-corrected chi connectivity index (χ4v) is 2.76. The molecule has 3 aromatic rings. The molecular formula is C17H17N5O2. The van der Waals surface area contributed by atoms with Crippen molar-refractivity contribution >= 4 is 5.91 Å². The minimum absolute atomic E-state index is 0.0493. The first kappa shape index (κ1) is 14.5. The van der Waals surface area contributed by atoms with Crippen LogP contribution in [0.2, 0.25) is 0 Å². The summed E-state index contributed by atoms with van der Waals surface area (Å²) < 4.78 is 7.66. The number of amides is 1. The number of hydrogen-bond donors (Lipinski definition) is 1. The largest absolute Gasteiger partial charge is 0.472 e. The number of nitrogens with zero attached hydrogens (tertiary/aromatic N) is 4. The molecule has 24 heavy (non-hydrogen) atoms. The van der Waals surface area contributed by atoms with E-state index in [2.05, 4.69) is 15.3 Å². The van der Waals surface area contributed by atoms with Gasteiger partial charge in [-0.25, -0.2) is 0 Å². The molecule has 0 fully saturated rings. The van der Waals surface area contributed by atoms with Gasteiger partial charge in [0.15, 0.2) is 0 Å². The second-order valence-electron chi connectivity index (χ2n) is 5.67.